The zero-order chi connectivity index (χ0) is 27.7. The topological polar surface area (TPSA) is 62.8 Å². The van der Waals surface area contributed by atoms with Crippen LogP contribution in [0.5, 0.6) is 17.2 Å². The summed E-state index contributed by atoms with van der Waals surface area (Å²) in [6.45, 7) is 4.97. The summed E-state index contributed by atoms with van der Waals surface area (Å²) in [5.74, 6) is 3.45. The second kappa shape index (κ2) is 13.9. The third-order valence-electron chi connectivity index (χ3n) is 8.69. The molecule has 0 bridgehead atoms. The molecule has 5 rings (SSSR count). The first-order valence-electron chi connectivity index (χ1n) is 15.2. The standard InChI is InChI=1S/C35H46N2O3/c1-25(20-26-8-14-32(15-9-26)40-19-18-36-24-27-6-4-3-5-7-27)37-35-23-33(39-2)16-17-34(35)30-11-10-29-22-31(38)13-12-28(29)21-30/h8-9,12-17,22-23,25,27,30,36-38H,3-7,10-11,18-21,24H2,1-2H3. The normalized spacial score (nSPS) is 18.1. The van der Waals surface area contributed by atoms with Crippen molar-refractivity contribution in [3.63, 3.8) is 0 Å². The Labute approximate surface area is 240 Å². The molecule has 0 saturated heterocycles. The fourth-order valence-electron chi connectivity index (χ4n) is 6.48. The smallest absolute Gasteiger partial charge is 0.120 e. The first kappa shape index (κ1) is 28.4. The van der Waals surface area contributed by atoms with E-state index in [2.05, 4.69) is 66.1 Å². The highest BCUT2D eigenvalue weighted by molar-refractivity contribution is 5.58. The maximum atomic E-state index is 9.87. The third-order valence-corrected chi connectivity index (χ3v) is 8.69. The lowest BCUT2D eigenvalue weighted by atomic mass is 9.79. The summed E-state index contributed by atoms with van der Waals surface area (Å²) in [5, 5.41) is 17.2. The van der Waals surface area contributed by atoms with Gasteiger partial charge in [0.25, 0.3) is 0 Å². The van der Waals surface area contributed by atoms with E-state index in [0.29, 0.717) is 18.3 Å². The number of methoxy groups -OCH3 is 1. The maximum absolute atomic E-state index is 9.87. The van der Waals surface area contributed by atoms with Crippen LogP contribution in [0.2, 0.25) is 0 Å². The van der Waals surface area contributed by atoms with E-state index >= 15 is 0 Å². The van der Waals surface area contributed by atoms with Crippen LogP contribution in [0.25, 0.3) is 0 Å². The molecule has 2 atom stereocenters. The van der Waals surface area contributed by atoms with E-state index in [9.17, 15) is 5.11 Å². The van der Waals surface area contributed by atoms with Gasteiger partial charge in [0, 0.05) is 24.3 Å². The van der Waals surface area contributed by atoms with Crippen molar-refractivity contribution in [3.8, 4) is 17.2 Å². The summed E-state index contributed by atoms with van der Waals surface area (Å²) in [4.78, 5) is 0. The summed E-state index contributed by atoms with van der Waals surface area (Å²) in [5.41, 5.74) is 6.40. The number of anilines is 1. The van der Waals surface area contributed by atoms with Crippen LogP contribution in [0.15, 0.2) is 60.7 Å². The number of aromatic hydroxyl groups is 1. The van der Waals surface area contributed by atoms with Crippen LogP contribution < -0.4 is 20.1 Å². The molecule has 0 heterocycles. The second-order valence-corrected chi connectivity index (χ2v) is 11.8. The van der Waals surface area contributed by atoms with Gasteiger partial charge in [-0.2, -0.15) is 0 Å². The zero-order valence-corrected chi connectivity index (χ0v) is 24.3. The highest BCUT2D eigenvalue weighted by Gasteiger charge is 2.23. The predicted octanol–water partition coefficient (Wildman–Crippen LogP) is 7.27. The monoisotopic (exact) mass is 542 g/mol. The SMILES string of the molecule is COc1ccc(C2CCc3cc(O)ccc3C2)c(NC(C)Cc2ccc(OCCNCC3CCCCC3)cc2)c1. The minimum absolute atomic E-state index is 0.259. The molecule has 0 aromatic heterocycles. The number of phenols is 1. The molecule has 1 fully saturated rings. The molecular weight excluding hydrogens is 496 g/mol. The second-order valence-electron chi connectivity index (χ2n) is 11.8. The molecule has 2 unspecified atom stereocenters. The summed E-state index contributed by atoms with van der Waals surface area (Å²) >= 11 is 0. The third kappa shape index (κ3) is 7.72. The average Bonchev–Trinajstić information content (AvgIpc) is 2.98. The minimum Gasteiger partial charge on any atom is -0.508 e. The summed E-state index contributed by atoms with van der Waals surface area (Å²) < 4.78 is 11.6. The van der Waals surface area contributed by atoms with Gasteiger partial charge in [-0.1, -0.05) is 43.5 Å². The number of hydrogen-bond acceptors (Lipinski definition) is 5. The number of hydrogen-bond donors (Lipinski definition) is 3. The number of phenolic OH excluding ortho intramolecular Hbond substituents is 1. The first-order valence-corrected chi connectivity index (χ1v) is 15.2. The van der Waals surface area contributed by atoms with E-state index in [1.54, 1.807) is 7.11 Å². The number of benzene rings is 3. The van der Waals surface area contributed by atoms with Gasteiger partial charge in [-0.25, -0.2) is 0 Å². The Kier molecular flexibility index (Phi) is 9.88. The number of fused-ring (bicyclic) bond motifs is 1. The van der Waals surface area contributed by atoms with Gasteiger partial charge in [-0.3, -0.25) is 0 Å². The number of nitrogens with one attached hydrogen (secondary N) is 2. The van der Waals surface area contributed by atoms with E-state index in [0.717, 1.165) is 61.9 Å². The molecule has 214 valence electrons. The zero-order valence-electron chi connectivity index (χ0n) is 24.3. The fraction of sp³-hybridized carbons (Fsp3) is 0.486. The van der Waals surface area contributed by atoms with Gasteiger partial charge in [0.2, 0.25) is 0 Å². The number of aryl methyl sites for hydroxylation is 1. The molecule has 3 N–H and O–H groups in total. The molecule has 3 aromatic carbocycles. The fourth-order valence-corrected chi connectivity index (χ4v) is 6.48. The molecule has 0 aliphatic heterocycles. The van der Waals surface area contributed by atoms with Crippen LogP contribution in [-0.2, 0) is 19.3 Å². The van der Waals surface area contributed by atoms with Crippen molar-refractivity contribution in [1.29, 1.82) is 0 Å². The van der Waals surface area contributed by atoms with Crippen molar-refractivity contribution < 1.29 is 14.6 Å². The highest BCUT2D eigenvalue weighted by atomic mass is 16.5. The Morgan fingerprint density at radius 1 is 0.900 bits per heavy atom. The predicted molar refractivity (Wildman–Crippen MR) is 164 cm³/mol. The molecule has 0 spiro atoms. The van der Waals surface area contributed by atoms with Gasteiger partial charge in [-0.05, 0) is 116 Å². The number of ether oxygens (including phenoxy) is 2. The van der Waals surface area contributed by atoms with Gasteiger partial charge in [0.1, 0.15) is 23.9 Å². The molecule has 0 amide bonds. The Bertz CT molecular complexity index is 1220. The molecule has 1 saturated carbocycles. The lowest BCUT2D eigenvalue weighted by Gasteiger charge is -2.28. The van der Waals surface area contributed by atoms with Gasteiger partial charge in [0.15, 0.2) is 0 Å². The maximum Gasteiger partial charge on any atom is 0.120 e. The van der Waals surface area contributed by atoms with Crippen LogP contribution >= 0.6 is 0 Å². The lowest BCUT2D eigenvalue weighted by molar-refractivity contribution is 0.294. The Morgan fingerprint density at radius 2 is 1.70 bits per heavy atom. The summed E-state index contributed by atoms with van der Waals surface area (Å²) in [6, 6.07) is 21.1. The van der Waals surface area contributed by atoms with E-state index in [1.165, 1.54) is 54.4 Å². The number of rotatable bonds is 12. The van der Waals surface area contributed by atoms with E-state index in [-0.39, 0.29) is 6.04 Å². The Hall–Kier alpha value is -3.18. The molecule has 5 heteroatoms. The Balaban J connectivity index is 1.13. The lowest BCUT2D eigenvalue weighted by Crippen LogP contribution is -2.28. The van der Waals surface area contributed by atoms with E-state index in [1.807, 2.05) is 12.1 Å². The van der Waals surface area contributed by atoms with Crippen molar-refractivity contribution in [1.82, 2.24) is 5.32 Å². The molecular formula is C35H46N2O3. The highest BCUT2D eigenvalue weighted by Crippen LogP contribution is 2.38. The molecule has 40 heavy (non-hydrogen) atoms. The molecule has 3 aromatic rings. The first-order chi connectivity index (χ1) is 19.6. The minimum atomic E-state index is 0.259. The molecule has 2 aliphatic rings. The van der Waals surface area contributed by atoms with Gasteiger partial charge in [-0.15, -0.1) is 0 Å². The van der Waals surface area contributed by atoms with Gasteiger partial charge < -0.3 is 25.2 Å². The van der Waals surface area contributed by atoms with Crippen molar-refractivity contribution in [2.24, 2.45) is 5.92 Å². The van der Waals surface area contributed by atoms with E-state index < -0.39 is 0 Å². The van der Waals surface area contributed by atoms with Crippen LogP contribution in [0.3, 0.4) is 0 Å². The largest absolute Gasteiger partial charge is 0.508 e. The summed E-state index contributed by atoms with van der Waals surface area (Å²) in [6.07, 6.45) is 10.9. The quantitative estimate of drug-likeness (QED) is 0.210. The average molecular weight is 543 g/mol. The molecule has 0 radical (unpaired) electrons. The van der Waals surface area contributed by atoms with Gasteiger partial charge in [0.05, 0.1) is 7.11 Å². The van der Waals surface area contributed by atoms with Crippen LogP contribution in [0.4, 0.5) is 5.69 Å². The van der Waals surface area contributed by atoms with Crippen molar-refractivity contribution in [3.05, 3.63) is 82.9 Å². The van der Waals surface area contributed by atoms with Crippen LogP contribution in [0, 0.1) is 5.92 Å². The molecule has 2 aliphatic carbocycles. The summed E-state index contributed by atoms with van der Waals surface area (Å²) in [7, 11) is 1.72. The van der Waals surface area contributed by atoms with Crippen molar-refractivity contribution in [2.45, 2.75) is 76.7 Å². The van der Waals surface area contributed by atoms with Crippen molar-refractivity contribution >= 4 is 5.69 Å². The van der Waals surface area contributed by atoms with Crippen LogP contribution in [0.1, 0.15) is 73.6 Å². The Morgan fingerprint density at radius 3 is 2.50 bits per heavy atom. The van der Waals surface area contributed by atoms with Crippen LogP contribution in [-0.4, -0.2) is 38.0 Å². The van der Waals surface area contributed by atoms with Crippen molar-refractivity contribution in [2.75, 3.05) is 32.1 Å². The van der Waals surface area contributed by atoms with E-state index in [4.69, 9.17) is 9.47 Å². The molecule has 5 nitrogen and oxygen atoms in total. The van der Waals surface area contributed by atoms with Gasteiger partial charge >= 0.3 is 0 Å².